The molecule has 29 heavy (non-hydrogen) atoms. The first-order valence-corrected chi connectivity index (χ1v) is 9.55. The van der Waals surface area contributed by atoms with E-state index in [0.29, 0.717) is 5.69 Å². The van der Waals surface area contributed by atoms with Crippen molar-refractivity contribution in [1.82, 2.24) is 13.9 Å². The van der Waals surface area contributed by atoms with E-state index in [4.69, 9.17) is 0 Å². The maximum absolute atomic E-state index is 13.5. The zero-order valence-corrected chi connectivity index (χ0v) is 15.6. The number of allylic oxidation sites excluding steroid dienone is 2. The molecular formula is C24H19N3O2. The van der Waals surface area contributed by atoms with Gasteiger partial charge in [-0.15, -0.1) is 0 Å². The predicted molar refractivity (Wildman–Crippen MR) is 113 cm³/mol. The summed E-state index contributed by atoms with van der Waals surface area (Å²) in [6.07, 6.45) is 4.01. The molecule has 0 amide bonds. The monoisotopic (exact) mass is 381 g/mol. The van der Waals surface area contributed by atoms with E-state index >= 15 is 0 Å². The van der Waals surface area contributed by atoms with E-state index in [0.717, 1.165) is 11.1 Å². The van der Waals surface area contributed by atoms with Crippen molar-refractivity contribution >= 4 is 0 Å². The molecule has 0 unspecified atom stereocenters. The summed E-state index contributed by atoms with van der Waals surface area (Å²) in [6.45, 7) is 0. The second-order valence-electron chi connectivity index (χ2n) is 7.02. The lowest BCUT2D eigenvalue weighted by molar-refractivity contribution is 0.402. The van der Waals surface area contributed by atoms with Crippen molar-refractivity contribution in [3.8, 4) is 5.69 Å². The van der Waals surface area contributed by atoms with Gasteiger partial charge in [0, 0.05) is 0 Å². The molecule has 5 nitrogen and oxygen atoms in total. The lowest BCUT2D eigenvalue weighted by atomic mass is 10.0. The molecule has 3 aromatic carbocycles. The van der Waals surface area contributed by atoms with Crippen LogP contribution in [-0.4, -0.2) is 13.9 Å². The van der Waals surface area contributed by atoms with Crippen LogP contribution in [0.1, 0.15) is 23.2 Å². The quantitative estimate of drug-likeness (QED) is 0.510. The number of hydrogen-bond donors (Lipinski definition) is 0. The summed E-state index contributed by atoms with van der Waals surface area (Å²) in [4.78, 5) is 26.9. The van der Waals surface area contributed by atoms with Crippen molar-refractivity contribution in [3.63, 3.8) is 0 Å². The fourth-order valence-electron chi connectivity index (χ4n) is 3.95. The van der Waals surface area contributed by atoms with Crippen molar-refractivity contribution in [2.45, 2.75) is 12.1 Å². The van der Waals surface area contributed by atoms with E-state index in [1.54, 1.807) is 21.5 Å². The van der Waals surface area contributed by atoms with Crippen LogP contribution in [0.3, 0.4) is 0 Å². The Labute approximate surface area is 167 Å². The average Bonchev–Trinajstić information content (AvgIpc) is 3.06. The summed E-state index contributed by atoms with van der Waals surface area (Å²) >= 11 is 0. The van der Waals surface area contributed by atoms with E-state index in [1.165, 1.54) is 4.57 Å². The van der Waals surface area contributed by atoms with Crippen LogP contribution in [0, 0.1) is 0 Å². The van der Waals surface area contributed by atoms with Gasteiger partial charge in [-0.2, -0.15) is 0 Å². The van der Waals surface area contributed by atoms with Gasteiger partial charge < -0.3 is 0 Å². The molecule has 1 aliphatic heterocycles. The Morgan fingerprint density at radius 3 is 1.31 bits per heavy atom. The summed E-state index contributed by atoms with van der Waals surface area (Å²) in [7, 11) is 0. The Bertz CT molecular complexity index is 1200. The van der Waals surface area contributed by atoms with Crippen LogP contribution in [0.5, 0.6) is 0 Å². The molecule has 142 valence electrons. The molecule has 5 rings (SSSR count). The second kappa shape index (κ2) is 6.95. The number of hydrogen-bond acceptors (Lipinski definition) is 2. The van der Waals surface area contributed by atoms with Crippen LogP contribution in [0.15, 0.2) is 113 Å². The minimum atomic E-state index is -0.347. The highest BCUT2D eigenvalue weighted by Crippen LogP contribution is 2.28. The van der Waals surface area contributed by atoms with E-state index in [1.807, 2.05) is 91.0 Å². The first-order chi connectivity index (χ1) is 14.3. The molecule has 0 saturated heterocycles. The van der Waals surface area contributed by atoms with Crippen LogP contribution >= 0.6 is 0 Å². The summed E-state index contributed by atoms with van der Waals surface area (Å²) in [6, 6.07) is 27.9. The van der Waals surface area contributed by atoms with Gasteiger partial charge in [0.2, 0.25) is 0 Å². The molecule has 1 aromatic heterocycles. The number of para-hydroxylation sites is 1. The Balaban J connectivity index is 1.80. The van der Waals surface area contributed by atoms with Gasteiger partial charge in [0.05, 0.1) is 17.8 Å². The van der Waals surface area contributed by atoms with Crippen molar-refractivity contribution < 1.29 is 0 Å². The van der Waals surface area contributed by atoms with E-state index in [9.17, 15) is 9.59 Å². The number of rotatable bonds is 3. The van der Waals surface area contributed by atoms with Crippen LogP contribution < -0.4 is 11.4 Å². The Hall–Kier alpha value is -3.86. The van der Waals surface area contributed by atoms with Crippen LogP contribution in [0.2, 0.25) is 0 Å². The molecule has 0 saturated carbocycles. The van der Waals surface area contributed by atoms with Gasteiger partial charge in [0.25, 0.3) is 0 Å². The molecule has 0 N–H and O–H groups in total. The lowest BCUT2D eigenvalue weighted by Gasteiger charge is -2.27. The number of nitrogens with zero attached hydrogens (tertiary/aromatic N) is 3. The third-order valence-corrected chi connectivity index (χ3v) is 5.31. The first-order valence-electron chi connectivity index (χ1n) is 9.55. The maximum atomic E-state index is 13.5. The average molecular weight is 381 g/mol. The minimum absolute atomic E-state index is 0.346. The summed E-state index contributed by atoms with van der Waals surface area (Å²) in [5, 5.41) is 0. The Morgan fingerprint density at radius 1 is 0.517 bits per heavy atom. The fraction of sp³-hybridized carbons (Fsp3) is 0.0833. The zero-order chi connectivity index (χ0) is 19.8. The van der Waals surface area contributed by atoms with Crippen LogP contribution in [-0.2, 0) is 0 Å². The smallest absolute Gasteiger partial charge is 0.245 e. The second-order valence-corrected chi connectivity index (χ2v) is 7.02. The van der Waals surface area contributed by atoms with Crippen molar-refractivity contribution in [3.05, 3.63) is 135 Å². The number of fused-ring (bicyclic) bond motifs is 1. The van der Waals surface area contributed by atoms with E-state index in [-0.39, 0.29) is 23.5 Å². The lowest BCUT2D eigenvalue weighted by Crippen LogP contribution is -2.36. The normalized spacial score (nSPS) is 17.8. The summed E-state index contributed by atoms with van der Waals surface area (Å²) in [5.74, 6) is 0. The number of benzene rings is 3. The van der Waals surface area contributed by atoms with E-state index in [2.05, 4.69) is 0 Å². The molecule has 5 heteroatoms. The van der Waals surface area contributed by atoms with Gasteiger partial charge in [0.1, 0.15) is 0 Å². The molecule has 4 aromatic rings. The number of aromatic nitrogens is 3. The Kier molecular flexibility index (Phi) is 4.13. The van der Waals surface area contributed by atoms with E-state index < -0.39 is 0 Å². The van der Waals surface area contributed by atoms with Gasteiger partial charge in [-0.3, -0.25) is 0 Å². The molecule has 1 aliphatic rings. The standard InChI is InChI=1S/C24H19N3O2/c28-23-25(20-14-8-3-9-15-20)24(29)27-22(19-12-6-2-7-13-19)17-16-21(26(23)27)18-10-4-1-5-11-18/h1-17,21-22H/t21-,22+. The van der Waals surface area contributed by atoms with Crippen molar-refractivity contribution in [2.24, 2.45) is 0 Å². The van der Waals surface area contributed by atoms with Crippen molar-refractivity contribution in [1.29, 1.82) is 0 Å². The zero-order valence-electron chi connectivity index (χ0n) is 15.6. The van der Waals surface area contributed by atoms with Gasteiger partial charge in [0.15, 0.2) is 0 Å². The third kappa shape index (κ3) is 2.79. The topological polar surface area (TPSA) is 48.9 Å². The molecular weight excluding hydrogens is 362 g/mol. The van der Waals surface area contributed by atoms with Gasteiger partial charge in [-0.25, -0.2) is 23.5 Å². The highest BCUT2D eigenvalue weighted by molar-refractivity contribution is 5.34. The molecule has 0 bridgehead atoms. The maximum Gasteiger partial charge on any atom is 0.352 e. The first kappa shape index (κ1) is 17.3. The molecule has 2 heterocycles. The van der Waals surface area contributed by atoms with Crippen LogP contribution in [0.4, 0.5) is 0 Å². The predicted octanol–water partition coefficient (Wildman–Crippen LogP) is 3.55. The molecule has 0 fully saturated rings. The largest absolute Gasteiger partial charge is 0.352 e. The van der Waals surface area contributed by atoms with Gasteiger partial charge >= 0.3 is 11.4 Å². The third-order valence-electron chi connectivity index (χ3n) is 5.31. The summed E-state index contributed by atoms with van der Waals surface area (Å²) < 4.78 is 4.39. The fourth-order valence-corrected chi connectivity index (χ4v) is 3.95. The molecule has 2 atom stereocenters. The molecule has 0 radical (unpaired) electrons. The Morgan fingerprint density at radius 2 is 0.897 bits per heavy atom. The highest BCUT2D eigenvalue weighted by atomic mass is 16.2. The summed E-state index contributed by atoms with van der Waals surface area (Å²) in [5.41, 5.74) is 1.78. The molecule has 0 spiro atoms. The molecule has 0 aliphatic carbocycles. The van der Waals surface area contributed by atoms with Gasteiger partial charge in [-0.05, 0) is 23.3 Å². The SMILES string of the molecule is O=c1n(-c2ccccc2)c(=O)n2n1[C@@H](c1ccccc1)C=C[C@H]2c1ccccc1. The minimum Gasteiger partial charge on any atom is -0.245 e. The van der Waals surface area contributed by atoms with Crippen molar-refractivity contribution in [2.75, 3.05) is 0 Å². The van der Waals surface area contributed by atoms with Crippen LogP contribution in [0.25, 0.3) is 5.69 Å². The highest BCUT2D eigenvalue weighted by Gasteiger charge is 2.30. The van der Waals surface area contributed by atoms with Gasteiger partial charge in [-0.1, -0.05) is 91.0 Å².